The first-order chi connectivity index (χ1) is 12.8. The van der Waals surface area contributed by atoms with E-state index >= 15 is 0 Å². The van der Waals surface area contributed by atoms with Gasteiger partial charge in [-0.05, 0) is 18.2 Å². The summed E-state index contributed by atoms with van der Waals surface area (Å²) in [6.45, 7) is 2.32. The van der Waals surface area contributed by atoms with Gasteiger partial charge in [0, 0.05) is 13.8 Å². The van der Waals surface area contributed by atoms with Crippen LogP contribution in [0.2, 0.25) is 0 Å². The lowest BCUT2D eigenvalue weighted by Gasteiger charge is -2.34. The molecule has 0 aliphatic carbocycles. The summed E-state index contributed by atoms with van der Waals surface area (Å²) >= 11 is 0. The maximum absolute atomic E-state index is 13.2. The minimum Gasteiger partial charge on any atom is -0.422 e. The normalized spacial score (nSPS) is 30.8. The molecular formula is C19H17NO7. The predicted octanol–water partition coefficient (Wildman–Crippen LogP) is 0.952. The fraction of sp³-hybridized carbons (Fsp3) is 0.368. The standard InChI is InChI=1S/C19H17NO7/c1-10(21)25-18(26-11(2)22)19-9-8-13(27-19)14-15(19)17(24)20(16(14)23)12-6-4-3-5-7-12/h3-9,13-15,18H,1-2H3/t13-,14+,15-,19+/m1/s1. The van der Waals surface area contributed by atoms with E-state index in [9.17, 15) is 19.2 Å². The zero-order valence-electron chi connectivity index (χ0n) is 14.7. The lowest BCUT2D eigenvalue weighted by Crippen LogP contribution is -2.52. The smallest absolute Gasteiger partial charge is 0.305 e. The minimum absolute atomic E-state index is 0.392. The number of carbonyl (C=O) groups is 4. The number of carbonyl (C=O) groups excluding carboxylic acids is 4. The third kappa shape index (κ3) is 2.48. The van der Waals surface area contributed by atoms with Crippen molar-refractivity contribution in [2.45, 2.75) is 31.8 Å². The number of nitrogens with zero attached hydrogens (tertiary/aromatic N) is 1. The second-order valence-corrected chi connectivity index (χ2v) is 6.70. The number of hydrogen-bond donors (Lipinski definition) is 0. The molecule has 2 amide bonds. The number of hydrogen-bond acceptors (Lipinski definition) is 7. The summed E-state index contributed by atoms with van der Waals surface area (Å²) in [5.41, 5.74) is -1.07. The molecule has 4 rings (SSSR count). The second-order valence-electron chi connectivity index (χ2n) is 6.70. The van der Waals surface area contributed by atoms with E-state index in [1.807, 2.05) is 0 Å². The molecule has 2 bridgehead atoms. The average Bonchev–Trinajstić information content (AvgIpc) is 3.26. The van der Waals surface area contributed by atoms with Gasteiger partial charge in [-0.25, -0.2) is 4.90 Å². The van der Waals surface area contributed by atoms with Crippen LogP contribution in [-0.2, 0) is 33.4 Å². The minimum atomic E-state index is -1.52. The molecule has 2 fully saturated rings. The first kappa shape index (κ1) is 17.4. The van der Waals surface area contributed by atoms with E-state index in [1.165, 1.54) is 0 Å². The van der Waals surface area contributed by atoms with Gasteiger partial charge in [0.25, 0.3) is 6.29 Å². The zero-order valence-corrected chi connectivity index (χ0v) is 14.7. The van der Waals surface area contributed by atoms with Gasteiger partial charge in [-0.3, -0.25) is 19.2 Å². The SMILES string of the molecule is CC(=O)OC(OC(C)=O)[C@@]12C=C[C@@H](O1)[C@@H]1C(=O)N(c3ccccc3)C(=O)[C@@H]12. The molecule has 1 aromatic rings. The molecular weight excluding hydrogens is 354 g/mol. The van der Waals surface area contributed by atoms with Crippen molar-refractivity contribution in [1.82, 2.24) is 0 Å². The van der Waals surface area contributed by atoms with Crippen LogP contribution < -0.4 is 4.90 Å². The summed E-state index contributed by atoms with van der Waals surface area (Å²) in [5, 5.41) is 0. The molecule has 0 spiro atoms. The molecule has 8 nitrogen and oxygen atoms in total. The third-order valence-corrected chi connectivity index (χ3v) is 5.01. The van der Waals surface area contributed by atoms with Crippen LogP contribution in [-0.4, -0.2) is 41.7 Å². The first-order valence-electron chi connectivity index (χ1n) is 8.49. The number of benzene rings is 1. The van der Waals surface area contributed by atoms with Gasteiger partial charge >= 0.3 is 11.9 Å². The fourth-order valence-electron chi connectivity index (χ4n) is 4.05. The Balaban J connectivity index is 1.75. The molecule has 2 saturated heterocycles. The highest BCUT2D eigenvalue weighted by Crippen LogP contribution is 2.54. The second kappa shape index (κ2) is 6.02. The lowest BCUT2D eigenvalue weighted by molar-refractivity contribution is -0.226. The average molecular weight is 371 g/mol. The largest absolute Gasteiger partial charge is 0.422 e. The highest BCUT2D eigenvalue weighted by Gasteiger charge is 2.72. The predicted molar refractivity (Wildman–Crippen MR) is 90.0 cm³/mol. The number of fused-ring (bicyclic) bond motifs is 5. The van der Waals surface area contributed by atoms with Crippen molar-refractivity contribution in [3.63, 3.8) is 0 Å². The summed E-state index contributed by atoms with van der Waals surface area (Å²) in [6.07, 6.45) is 1.07. The molecule has 0 saturated carbocycles. The Hall–Kier alpha value is -3.00. The molecule has 140 valence electrons. The monoisotopic (exact) mass is 371 g/mol. The van der Waals surface area contributed by atoms with Crippen LogP contribution >= 0.6 is 0 Å². The van der Waals surface area contributed by atoms with Gasteiger partial charge in [-0.1, -0.05) is 24.3 Å². The van der Waals surface area contributed by atoms with Crippen molar-refractivity contribution in [2.24, 2.45) is 11.8 Å². The van der Waals surface area contributed by atoms with Crippen molar-refractivity contribution in [2.75, 3.05) is 4.90 Å². The molecule has 0 unspecified atom stereocenters. The van der Waals surface area contributed by atoms with Crippen molar-refractivity contribution in [1.29, 1.82) is 0 Å². The molecule has 3 aliphatic heterocycles. The maximum Gasteiger partial charge on any atom is 0.305 e. The number of para-hydroxylation sites is 1. The lowest BCUT2D eigenvalue weighted by atomic mass is 9.76. The molecule has 0 N–H and O–H groups in total. The zero-order chi connectivity index (χ0) is 19.3. The van der Waals surface area contributed by atoms with Crippen LogP contribution in [0.1, 0.15) is 13.8 Å². The molecule has 4 atom stereocenters. The van der Waals surface area contributed by atoms with Crippen molar-refractivity contribution in [3.8, 4) is 0 Å². The van der Waals surface area contributed by atoms with Gasteiger partial charge in [0.05, 0.1) is 23.6 Å². The number of esters is 2. The topological polar surface area (TPSA) is 99.2 Å². The van der Waals surface area contributed by atoms with Crippen LogP contribution in [0.5, 0.6) is 0 Å². The van der Waals surface area contributed by atoms with Crippen LogP contribution in [0.3, 0.4) is 0 Å². The maximum atomic E-state index is 13.2. The summed E-state index contributed by atoms with van der Waals surface area (Å²) < 4.78 is 16.2. The van der Waals surface area contributed by atoms with Crippen LogP contribution in [0.4, 0.5) is 5.69 Å². The molecule has 0 radical (unpaired) electrons. The van der Waals surface area contributed by atoms with Crippen LogP contribution in [0, 0.1) is 11.8 Å². The number of imide groups is 1. The molecule has 27 heavy (non-hydrogen) atoms. The molecule has 8 heteroatoms. The Labute approximate surface area is 154 Å². The van der Waals surface area contributed by atoms with Gasteiger partial charge in [-0.15, -0.1) is 0 Å². The molecule has 3 aliphatic rings. The van der Waals surface area contributed by atoms with Gasteiger partial charge in [0.2, 0.25) is 11.8 Å². The Morgan fingerprint density at radius 3 is 2.30 bits per heavy atom. The van der Waals surface area contributed by atoms with Gasteiger partial charge < -0.3 is 14.2 Å². The van der Waals surface area contributed by atoms with E-state index in [4.69, 9.17) is 14.2 Å². The Morgan fingerprint density at radius 1 is 1.07 bits per heavy atom. The number of amides is 2. The molecule has 0 aromatic heterocycles. The highest BCUT2D eigenvalue weighted by molar-refractivity contribution is 6.23. The van der Waals surface area contributed by atoms with Gasteiger partial charge in [0.15, 0.2) is 5.60 Å². The van der Waals surface area contributed by atoms with E-state index in [2.05, 4.69) is 0 Å². The van der Waals surface area contributed by atoms with E-state index in [0.29, 0.717) is 5.69 Å². The van der Waals surface area contributed by atoms with E-state index < -0.39 is 53.6 Å². The van der Waals surface area contributed by atoms with Crippen molar-refractivity contribution in [3.05, 3.63) is 42.5 Å². The Kier molecular flexibility index (Phi) is 3.88. The van der Waals surface area contributed by atoms with E-state index in [0.717, 1.165) is 18.7 Å². The molecule has 1 aromatic carbocycles. The third-order valence-electron chi connectivity index (χ3n) is 5.01. The van der Waals surface area contributed by atoms with Crippen molar-refractivity contribution < 1.29 is 33.4 Å². The summed E-state index contributed by atoms with van der Waals surface area (Å²) in [7, 11) is 0. The number of anilines is 1. The summed E-state index contributed by atoms with van der Waals surface area (Å²) in [5.74, 6) is -3.99. The first-order valence-corrected chi connectivity index (χ1v) is 8.49. The van der Waals surface area contributed by atoms with Crippen molar-refractivity contribution >= 4 is 29.4 Å². The number of ether oxygens (including phenoxy) is 3. The number of rotatable bonds is 4. The Bertz CT molecular complexity index is 848. The summed E-state index contributed by atoms with van der Waals surface area (Å²) in [4.78, 5) is 50.3. The van der Waals surface area contributed by atoms with Gasteiger partial charge in [0.1, 0.15) is 0 Å². The highest BCUT2D eigenvalue weighted by atomic mass is 16.7. The van der Waals surface area contributed by atoms with Gasteiger partial charge in [-0.2, -0.15) is 0 Å². The van der Waals surface area contributed by atoms with E-state index in [1.54, 1.807) is 42.5 Å². The Morgan fingerprint density at radius 2 is 1.70 bits per heavy atom. The van der Waals surface area contributed by atoms with Crippen LogP contribution in [0.25, 0.3) is 0 Å². The summed E-state index contributed by atoms with van der Waals surface area (Å²) in [6, 6.07) is 8.56. The van der Waals surface area contributed by atoms with Crippen LogP contribution in [0.15, 0.2) is 42.5 Å². The molecule has 3 heterocycles. The van der Waals surface area contributed by atoms with E-state index in [-0.39, 0.29) is 0 Å². The fourth-order valence-corrected chi connectivity index (χ4v) is 4.05. The quantitative estimate of drug-likeness (QED) is 0.336.